The van der Waals surface area contributed by atoms with E-state index >= 15 is 0 Å². The monoisotopic (exact) mass is 249 g/mol. The van der Waals surface area contributed by atoms with Crippen LogP contribution < -0.4 is 10.6 Å². The van der Waals surface area contributed by atoms with Crippen LogP contribution in [0.4, 0.5) is 4.39 Å². The van der Waals surface area contributed by atoms with Crippen LogP contribution in [-0.2, 0) is 4.79 Å². The van der Waals surface area contributed by atoms with Crippen molar-refractivity contribution in [1.82, 2.24) is 10.6 Å². The molecule has 0 aliphatic carbocycles. The highest BCUT2D eigenvalue weighted by Gasteiger charge is 2.29. The number of aliphatic imine (C=N–C) groups is 1. The quantitative estimate of drug-likeness (QED) is 0.796. The topological polar surface area (TPSA) is 53.5 Å². The Hall–Kier alpha value is -1.91. The molecule has 4 nitrogen and oxygen atoms in total. The third-order valence-electron chi connectivity index (χ3n) is 2.41. The Kier molecular flexibility index (Phi) is 3.07. The molecule has 0 radical (unpaired) electrons. The molecule has 0 saturated carbocycles. The normalized spacial score (nSPS) is 19.4. The zero-order valence-corrected chi connectivity index (χ0v) is 10.6. The molecule has 1 aromatic rings. The number of rotatable bonds is 1. The molecule has 2 rings (SSSR count). The van der Waals surface area contributed by atoms with Gasteiger partial charge >= 0.3 is 0 Å². The zero-order valence-electron chi connectivity index (χ0n) is 10.6. The summed E-state index contributed by atoms with van der Waals surface area (Å²) in [4.78, 5) is 16.0. The Morgan fingerprint density at radius 2 is 2.11 bits per heavy atom. The molecule has 1 heterocycles. The van der Waals surface area contributed by atoms with E-state index in [0.29, 0.717) is 11.5 Å². The number of nitrogens with one attached hydrogen (secondary N) is 2. The Morgan fingerprint density at radius 1 is 1.39 bits per heavy atom. The maximum absolute atomic E-state index is 13.1. The molecular formula is C13H16FN3O. The van der Waals surface area contributed by atoms with Crippen molar-refractivity contribution < 1.29 is 9.18 Å². The molecule has 0 bridgehead atoms. The predicted octanol–water partition coefficient (Wildman–Crippen LogP) is 1.74. The first-order chi connectivity index (χ1) is 8.35. The number of hydrogen-bond donors (Lipinski definition) is 2. The second kappa shape index (κ2) is 4.40. The lowest BCUT2D eigenvalue weighted by atomic mass is 10.1. The lowest BCUT2D eigenvalue weighted by Gasteiger charge is -2.21. The van der Waals surface area contributed by atoms with E-state index in [2.05, 4.69) is 15.6 Å². The predicted molar refractivity (Wildman–Crippen MR) is 67.6 cm³/mol. The van der Waals surface area contributed by atoms with Crippen LogP contribution >= 0.6 is 0 Å². The van der Waals surface area contributed by atoms with E-state index in [1.54, 1.807) is 12.1 Å². The van der Waals surface area contributed by atoms with Crippen molar-refractivity contribution in [2.45, 2.75) is 32.4 Å². The highest BCUT2D eigenvalue weighted by Crippen LogP contribution is 2.21. The van der Waals surface area contributed by atoms with Crippen molar-refractivity contribution >= 4 is 11.9 Å². The molecule has 2 N–H and O–H groups in total. The van der Waals surface area contributed by atoms with Gasteiger partial charge in [-0.25, -0.2) is 9.38 Å². The first kappa shape index (κ1) is 12.5. The van der Waals surface area contributed by atoms with Crippen LogP contribution in [0, 0.1) is 5.82 Å². The number of amides is 1. The first-order valence-corrected chi connectivity index (χ1v) is 5.77. The van der Waals surface area contributed by atoms with E-state index in [1.165, 1.54) is 12.1 Å². The van der Waals surface area contributed by atoms with E-state index in [0.717, 1.165) is 0 Å². The lowest BCUT2D eigenvalue weighted by molar-refractivity contribution is -0.120. The molecule has 5 heteroatoms. The summed E-state index contributed by atoms with van der Waals surface area (Å²) in [7, 11) is 0. The van der Waals surface area contributed by atoms with Gasteiger partial charge in [-0.05, 0) is 38.5 Å². The van der Waals surface area contributed by atoms with Gasteiger partial charge in [0, 0.05) is 5.54 Å². The maximum atomic E-state index is 13.1. The maximum Gasteiger partial charge on any atom is 0.256 e. The minimum Gasteiger partial charge on any atom is -0.351 e. The van der Waals surface area contributed by atoms with Crippen LogP contribution in [0.5, 0.6) is 0 Å². The summed E-state index contributed by atoms with van der Waals surface area (Å²) in [6.45, 7) is 5.91. The van der Waals surface area contributed by atoms with Crippen molar-refractivity contribution in [3.05, 3.63) is 35.6 Å². The van der Waals surface area contributed by atoms with E-state index in [9.17, 15) is 9.18 Å². The van der Waals surface area contributed by atoms with E-state index < -0.39 is 6.04 Å². The van der Waals surface area contributed by atoms with Crippen LogP contribution in [0.1, 0.15) is 32.4 Å². The number of carbonyl (C=O) groups is 1. The van der Waals surface area contributed by atoms with Crippen LogP contribution in [0.15, 0.2) is 29.3 Å². The zero-order chi connectivity index (χ0) is 13.3. The molecule has 1 amide bonds. The van der Waals surface area contributed by atoms with Gasteiger partial charge in [-0.2, -0.15) is 0 Å². The van der Waals surface area contributed by atoms with Crippen molar-refractivity contribution in [2.75, 3.05) is 0 Å². The van der Waals surface area contributed by atoms with Crippen molar-refractivity contribution in [1.29, 1.82) is 0 Å². The highest BCUT2D eigenvalue weighted by molar-refractivity contribution is 6.05. The van der Waals surface area contributed by atoms with Gasteiger partial charge in [0.15, 0.2) is 12.0 Å². The molecular weight excluding hydrogens is 233 g/mol. The molecule has 18 heavy (non-hydrogen) atoms. The number of guanidine groups is 1. The fraction of sp³-hybridized carbons (Fsp3) is 0.385. The Balaban J connectivity index is 2.22. The molecule has 0 fully saturated rings. The molecule has 96 valence electrons. The lowest BCUT2D eigenvalue weighted by Crippen LogP contribution is -2.46. The molecule has 1 unspecified atom stereocenters. The van der Waals surface area contributed by atoms with Crippen LogP contribution in [-0.4, -0.2) is 17.4 Å². The van der Waals surface area contributed by atoms with E-state index in [4.69, 9.17) is 0 Å². The number of halogens is 1. The van der Waals surface area contributed by atoms with Gasteiger partial charge in [0.2, 0.25) is 0 Å². The third kappa shape index (κ3) is 2.85. The minimum atomic E-state index is -0.675. The number of hydrogen-bond acceptors (Lipinski definition) is 3. The summed E-state index contributed by atoms with van der Waals surface area (Å²) in [6.07, 6.45) is 0. The van der Waals surface area contributed by atoms with Gasteiger partial charge in [0.25, 0.3) is 5.91 Å². The number of benzene rings is 1. The number of carbonyl (C=O) groups excluding carboxylic acids is 1. The molecule has 1 aliphatic rings. The van der Waals surface area contributed by atoms with Crippen LogP contribution in [0.2, 0.25) is 0 Å². The highest BCUT2D eigenvalue weighted by atomic mass is 19.1. The van der Waals surface area contributed by atoms with Crippen LogP contribution in [0.3, 0.4) is 0 Å². The van der Waals surface area contributed by atoms with Gasteiger partial charge in [0.05, 0.1) is 0 Å². The smallest absolute Gasteiger partial charge is 0.256 e. The SMILES string of the molecule is CC(C)(C)NC1=NC(c2cccc(F)c2)C(=O)N1. The Labute approximate surface area is 105 Å². The molecule has 0 aromatic heterocycles. The molecule has 1 aliphatic heterocycles. The Bertz CT molecular complexity index is 505. The van der Waals surface area contributed by atoms with E-state index in [1.807, 2.05) is 20.8 Å². The summed E-state index contributed by atoms with van der Waals surface area (Å²) >= 11 is 0. The summed E-state index contributed by atoms with van der Waals surface area (Å²) < 4.78 is 13.1. The van der Waals surface area contributed by atoms with Gasteiger partial charge in [-0.3, -0.25) is 10.1 Å². The average Bonchev–Trinajstić information content (AvgIpc) is 2.56. The van der Waals surface area contributed by atoms with Crippen molar-refractivity contribution in [3.63, 3.8) is 0 Å². The second-order valence-corrected chi connectivity index (χ2v) is 5.30. The fourth-order valence-electron chi connectivity index (χ4n) is 1.73. The summed E-state index contributed by atoms with van der Waals surface area (Å²) in [5.41, 5.74) is 0.362. The minimum absolute atomic E-state index is 0.192. The fourth-order valence-corrected chi connectivity index (χ4v) is 1.73. The van der Waals surface area contributed by atoms with Gasteiger partial charge in [0.1, 0.15) is 5.82 Å². The van der Waals surface area contributed by atoms with E-state index in [-0.39, 0.29) is 17.3 Å². The first-order valence-electron chi connectivity index (χ1n) is 5.77. The molecule has 1 atom stereocenters. The molecule has 1 aromatic carbocycles. The van der Waals surface area contributed by atoms with Gasteiger partial charge in [-0.1, -0.05) is 12.1 Å². The summed E-state index contributed by atoms with van der Waals surface area (Å²) in [5.74, 6) is -0.179. The molecule has 0 spiro atoms. The largest absolute Gasteiger partial charge is 0.351 e. The van der Waals surface area contributed by atoms with Gasteiger partial charge < -0.3 is 5.32 Å². The number of nitrogens with zero attached hydrogens (tertiary/aromatic N) is 1. The summed E-state index contributed by atoms with van der Waals surface area (Å²) in [6, 6.07) is 5.26. The third-order valence-corrected chi connectivity index (χ3v) is 2.41. The second-order valence-electron chi connectivity index (χ2n) is 5.30. The van der Waals surface area contributed by atoms with Crippen LogP contribution in [0.25, 0.3) is 0 Å². The van der Waals surface area contributed by atoms with Crippen molar-refractivity contribution in [2.24, 2.45) is 4.99 Å². The summed E-state index contributed by atoms with van der Waals surface area (Å²) in [5, 5.41) is 5.74. The van der Waals surface area contributed by atoms with Crippen molar-refractivity contribution in [3.8, 4) is 0 Å². The Morgan fingerprint density at radius 3 is 2.72 bits per heavy atom. The molecule has 0 saturated heterocycles. The van der Waals surface area contributed by atoms with Gasteiger partial charge in [-0.15, -0.1) is 0 Å². The average molecular weight is 249 g/mol. The standard InChI is InChI=1S/C13H16FN3O/c1-13(2,3)17-12-15-10(11(18)16-12)8-5-4-6-9(14)7-8/h4-7,10H,1-3H3,(H2,15,16,17,18).